The largest absolute Gasteiger partial charge is 0.345 e. The molecule has 2 aromatic rings. The molecular formula is C19H24N2O. The highest BCUT2D eigenvalue weighted by atomic mass is 16.2. The van der Waals surface area contributed by atoms with E-state index in [0.29, 0.717) is 12.5 Å². The van der Waals surface area contributed by atoms with Gasteiger partial charge in [0.1, 0.15) is 0 Å². The summed E-state index contributed by atoms with van der Waals surface area (Å²) in [6.45, 7) is 1.83. The lowest BCUT2D eigenvalue weighted by molar-refractivity contribution is -0.130. The van der Waals surface area contributed by atoms with Crippen LogP contribution < -0.4 is 5.32 Å². The summed E-state index contributed by atoms with van der Waals surface area (Å²) < 4.78 is 0. The van der Waals surface area contributed by atoms with Crippen molar-refractivity contribution in [3.8, 4) is 0 Å². The molecule has 0 aromatic heterocycles. The van der Waals surface area contributed by atoms with E-state index in [1.165, 1.54) is 22.8 Å². The lowest BCUT2D eigenvalue weighted by Gasteiger charge is -2.20. The number of hydrogen-bond donors (Lipinski definition) is 1. The molecule has 2 aromatic carbocycles. The Morgan fingerprint density at radius 3 is 2.86 bits per heavy atom. The molecule has 0 saturated carbocycles. The summed E-state index contributed by atoms with van der Waals surface area (Å²) in [7, 11) is 1.92. The molecule has 1 fully saturated rings. The summed E-state index contributed by atoms with van der Waals surface area (Å²) >= 11 is 0. The highest BCUT2D eigenvalue weighted by Crippen LogP contribution is 2.19. The third kappa shape index (κ3) is 3.47. The molecule has 1 amide bonds. The Kier molecular flexibility index (Phi) is 4.74. The van der Waals surface area contributed by atoms with Crippen molar-refractivity contribution in [3.05, 3.63) is 48.0 Å². The second-order valence-corrected chi connectivity index (χ2v) is 6.20. The van der Waals surface area contributed by atoms with E-state index in [0.717, 1.165) is 25.9 Å². The number of carbonyl (C=O) groups excluding carboxylic acids is 1. The van der Waals surface area contributed by atoms with E-state index in [1.807, 2.05) is 11.9 Å². The molecule has 1 saturated heterocycles. The maximum absolute atomic E-state index is 12.3. The Bertz CT molecular complexity index is 641. The van der Waals surface area contributed by atoms with Crippen LogP contribution in [0.1, 0.15) is 24.8 Å². The van der Waals surface area contributed by atoms with Crippen LogP contribution in [0, 0.1) is 0 Å². The van der Waals surface area contributed by atoms with Crippen LogP contribution in [0.25, 0.3) is 10.8 Å². The number of rotatable bonds is 5. The van der Waals surface area contributed by atoms with Crippen molar-refractivity contribution in [1.82, 2.24) is 10.2 Å². The molecule has 22 heavy (non-hydrogen) atoms. The monoisotopic (exact) mass is 296 g/mol. The molecule has 0 radical (unpaired) electrons. The summed E-state index contributed by atoms with van der Waals surface area (Å²) in [5.41, 5.74) is 1.32. The Hall–Kier alpha value is -1.87. The first-order chi connectivity index (χ1) is 10.7. The first-order valence-electron chi connectivity index (χ1n) is 8.18. The third-order valence-corrected chi connectivity index (χ3v) is 4.61. The standard InChI is InChI=1S/C19H24N2O/c1-21(19(22)14-17-9-5-12-20-17)13-11-16-8-4-7-15-6-2-3-10-18(15)16/h2-4,6-8,10,17,20H,5,9,11-14H2,1H3. The van der Waals surface area contributed by atoms with Crippen LogP contribution in [0.4, 0.5) is 0 Å². The first kappa shape index (κ1) is 15.0. The summed E-state index contributed by atoms with van der Waals surface area (Å²) in [5.74, 6) is 0.250. The Labute approximate surface area is 132 Å². The van der Waals surface area contributed by atoms with Crippen LogP contribution in [-0.4, -0.2) is 37.0 Å². The normalized spacial score (nSPS) is 17.8. The van der Waals surface area contributed by atoms with E-state index >= 15 is 0 Å². The van der Waals surface area contributed by atoms with Crippen LogP contribution in [0.3, 0.4) is 0 Å². The molecule has 3 nitrogen and oxygen atoms in total. The van der Waals surface area contributed by atoms with Gasteiger partial charge in [-0.05, 0) is 42.1 Å². The molecule has 1 atom stereocenters. The number of benzene rings is 2. The molecule has 0 spiro atoms. The maximum atomic E-state index is 12.3. The fraction of sp³-hybridized carbons (Fsp3) is 0.421. The maximum Gasteiger partial charge on any atom is 0.223 e. The Morgan fingerprint density at radius 2 is 2.05 bits per heavy atom. The van der Waals surface area contributed by atoms with Gasteiger partial charge in [0.05, 0.1) is 0 Å². The van der Waals surface area contributed by atoms with Crippen LogP contribution in [0.15, 0.2) is 42.5 Å². The van der Waals surface area contributed by atoms with Gasteiger partial charge in [0.15, 0.2) is 0 Å². The second kappa shape index (κ2) is 6.93. The molecule has 1 aliphatic heterocycles. The minimum Gasteiger partial charge on any atom is -0.345 e. The molecule has 3 heteroatoms. The topological polar surface area (TPSA) is 32.3 Å². The van der Waals surface area contributed by atoms with Gasteiger partial charge in [0, 0.05) is 26.1 Å². The van der Waals surface area contributed by atoms with Crippen LogP contribution in [0.2, 0.25) is 0 Å². The zero-order chi connectivity index (χ0) is 15.4. The Morgan fingerprint density at radius 1 is 1.23 bits per heavy atom. The zero-order valence-electron chi connectivity index (χ0n) is 13.2. The molecule has 1 N–H and O–H groups in total. The van der Waals surface area contributed by atoms with Gasteiger partial charge < -0.3 is 10.2 Å². The van der Waals surface area contributed by atoms with Gasteiger partial charge in [0.2, 0.25) is 5.91 Å². The molecular weight excluding hydrogens is 272 g/mol. The summed E-state index contributed by atoms with van der Waals surface area (Å²) in [4.78, 5) is 14.1. The SMILES string of the molecule is CN(CCc1cccc2ccccc12)C(=O)CC1CCCN1. The van der Waals surface area contributed by atoms with Crippen molar-refractivity contribution < 1.29 is 4.79 Å². The van der Waals surface area contributed by atoms with E-state index in [1.54, 1.807) is 0 Å². The van der Waals surface area contributed by atoms with Gasteiger partial charge in [-0.3, -0.25) is 4.79 Å². The highest BCUT2D eigenvalue weighted by Gasteiger charge is 2.19. The predicted octanol–water partition coefficient (Wildman–Crippen LogP) is 2.98. The van der Waals surface area contributed by atoms with Crippen molar-refractivity contribution in [1.29, 1.82) is 0 Å². The number of amides is 1. The van der Waals surface area contributed by atoms with Gasteiger partial charge >= 0.3 is 0 Å². The van der Waals surface area contributed by atoms with Gasteiger partial charge in [-0.2, -0.15) is 0 Å². The summed E-state index contributed by atoms with van der Waals surface area (Å²) in [5, 5.41) is 5.96. The van der Waals surface area contributed by atoms with Crippen molar-refractivity contribution in [2.75, 3.05) is 20.1 Å². The van der Waals surface area contributed by atoms with Crippen molar-refractivity contribution in [2.45, 2.75) is 31.7 Å². The van der Waals surface area contributed by atoms with Gasteiger partial charge in [-0.1, -0.05) is 42.5 Å². The number of carbonyl (C=O) groups is 1. The van der Waals surface area contributed by atoms with Gasteiger partial charge in [0.25, 0.3) is 0 Å². The quantitative estimate of drug-likeness (QED) is 0.920. The lowest BCUT2D eigenvalue weighted by Crippen LogP contribution is -2.34. The predicted molar refractivity (Wildman–Crippen MR) is 90.9 cm³/mol. The molecule has 1 heterocycles. The summed E-state index contributed by atoms with van der Waals surface area (Å²) in [6.07, 6.45) is 3.86. The molecule has 1 aliphatic rings. The smallest absolute Gasteiger partial charge is 0.223 e. The fourth-order valence-electron chi connectivity index (χ4n) is 3.22. The third-order valence-electron chi connectivity index (χ3n) is 4.61. The molecule has 116 valence electrons. The van der Waals surface area contributed by atoms with Crippen molar-refractivity contribution in [3.63, 3.8) is 0 Å². The molecule has 0 aliphatic carbocycles. The zero-order valence-corrected chi connectivity index (χ0v) is 13.2. The van der Waals surface area contributed by atoms with Gasteiger partial charge in [-0.25, -0.2) is 0 Å². The average Bonchev–Trinajstić information content (AvgIpc) is 3.05. The Balaban J connectivity index is 1.59. The fourth-order valence-corrected chi connectivity index (χ4v) is 3.22. The minimum absolute atomic E-state index is 0.250. The number of nitrogens with one attached hydrogen (secondary N) is 1. The number of hydrogen-bond acceptors (Lipinski definition) is 2. The molecule has 1 unspecified atom stereocenters. The second-order valence-electron chi connectivity index (χ2n) is 6.20. The van der Waals surface area contributed by atoms with E-state index in [-0.39, 0.29) is 5.91 Å². The van der Waals surface area contributed by atoms with E-state index in [4.69, 9.17) is 0 Å². The lowest BCUT2D eigenvalue weighted by atomic mass is 10.0. The van der Waals surface area contributed by atoms with Crippen LogP contribution in [-0.2, 0) is 11.2 Å². The van der Waals surface area contributed by atoms with Gasteiger partial charge in [-0.15, -0.1) is 0 Å². The number of fused-ring (bicyclic) bond motifs is 1. The summed E-state index contributed by atoms with van der Waals surface area (Å²) in [6, 6.07) is 15.2. The van der Waals surface area contributed by atoms with E-state index in [2.05, 4.69) is 47.8 Å². The first-order valence-corrected chi connectivity index (χ1v) is 8.18. The van der Waals surface area contributed by atoms with Crippen molar-refractivity contribution in [2.24, 2.45) is 0 Å². The number of nitrogens with zero attached hydrogens (tertiary/aromatic N) is 1. The van der Waals surface area contributed by atoms with Crippen LogP contribution >= 0.6 is 0 Å². The average molecular weight is 296 g/mol. The highest BCUT2D eigenvalue weighted by molar-refractivity contribution is 5.85. The van der Waals surface area contributed by atoms with E-state index < -0.39 is 0 Å². The number of likely N-dealkylation sites (N-methyl/N-ethyl adjacent to an activating group) is 1. The molecule has 0 bridgehead atoms. The van der Waals surface area contributed by atoms with E-state index in [9.17, 15) is 4.79 Å². The minimum atomic E-state index is 0.250. The van der Waals surface area contributed by atoms with Crippen molar-refractivity contribution >= 4 is 16.7 Å². The molecule has 3 rings (SSSR count). The van der Waals surface area contributed by atoms with Crippen LogP contribution in [0.5, 0.6) is 0 Å².